The first-order chi connectivity index (χ1) is 16.5. The van der Waals surface area contributed by atoms with Crippen LogP contribution in [0.1, 0.15) is 132 Å². The van der Waals surface area contributed by atoms with Crippen LogP contribution >= 0.6 is 0 Å². The van der Waals surface area contributed by atoms with E-state index >= 15 is 0 Å². The number of rotatable bonds is 13. The fraction of sp³-hybridized carbons (Fsp3) is 1.00. The normalized spacial score (nSPS) is 26.7. The molecule has 0 aromatic rings. The number of unbranched alkanes of at least 4 members (excludes halogenated alkanes) is 5. The molecular weight excluding hydrogens is 448 g/mol. The first-order valence-corrected chi connectivity index (χ1v) is 14.8. The minimum Gasteiger partial charge on any atom is -0.379 e. The van der Waals surface area contributed by atoms with Crippen molar-refractivity contribution in [1.82, 2.24) is 20.4 Å². The summed E-state index contributed by atoms with van der Waals surface area (Å²) in [6.45, 7) is 18.4. The molecule has 2 unspecified atom stereocenters. The van der Waals surface area contributed by atoms with Gasteiger partial charge in [-0.3, -0.25) is 20.4 Å². The highest BCUT2D eigenvalue weighted by Crippen LogP contribution is 2.38. The zero-order chi connectivity index (χ0) is 27.4. The van der Waals surface area contributed by atoms with Gasteiger partial charge in [-0.15, -0.1) is 0 Å². The first-order valence-electron chi connectivity index (χ1n) is 14.8. The zero-order valence-electron chi connectivity index (χ0n) is 25.6. The number of aliphatic hydroxyl groups excluding tert-OH is 2. The summed E-state index contributed by atoms with van der Waals surface area (Å²) in [7, 11) is 4.45. The van der Waals surface area contributed by atoms with Crippen molar-refractivity contribution in [3.05, 3.63) is 0 Å². The first kappa shape index (κ1) is 32.0. The lowest BCUT2D eigenvalue weighted by Gasteiger charge is -2.54. The number of aliphatic hydroxyl groups is 2. The van der Waals surface area contributed by atoms with Crippen LogP contribution in [0.2, 0.25) is 0 Å². The summed E-state index contributed by atoms with van der Waals surface area (Å²) in [4.78, 5) is 4.96. The molecule has 0 aromatic heterocycles. The molecule has 0 aliphatic carbocycles. The highest BCUT2D eigenvalue weighted by atomic mass is 16.3. The molecule has 214 valence electrons. The third-order valence-corrected chi connectivity index (χ3v) is 9.68. The Labute approximate surface area is 224 Å². The van der Waals surface area contributed by atoms with E-state index in [4.69, 9.17) is 0 Å². The number of hydrogen-bond donors (Lipinski definition) is 4. The minimum atomic E-state index is -0.402. The van der Waals surface area contributed by atoms with Crippen molar-refractivity contribution in [2.75, 3.05) is 14.1 Å². The van der Waals surface area contributed by atoms with E-state index in [0.717, 1.165) is 51.4 Å². The standard InChI is InChI=1S/C30H62N4O2/c1-27(2)19-23(20-28(3,4)33(27)9)31-25(35)17-15-13-11-12-14-16-18-26(36)32-24-21-29(5,6)34(10)30(7,8)22-24/h23-26,31-32,35-36H,11-22H2,1-10H3. The van der Waals surface area contributed by atoms with Crippen LogP contribution in [0.15, 0.2) is 0 Å². The van der Waals surface area contributed by atoms with Gasteiger partial charge in [0.2, 0.25) is 0 Å². The number of nitrogens with zero attached hydrogens (tertiary/aromatic N) is 2. The van der Waals surface area contributed by atoms with Gasteiger partial charge in [0.05, 0.1) is 0 Å². The van der Waals surface area contributed by atoms with E-state index < -0.39 is 12.5 Å². The maximum atomic E-state index is 10.6. The Bertz CT molecular complexity index is 571. The van der Waals surface area contributed by atoms with E-state index in [1.54, 1.807) is 0 Å². The highest BCUT2D eigenvalue weighted by molar-refractivity contribution is 5.02. The molecule has 0 bridgehead atoms. The Balaban J connectivity index is 1.54. The Kier molecular flexibility index (Phi) is 11.3. The smallest absolute Gasteiger partial charge is 0.105 e. The second-order valence-corrected chi connectivity index (χ2v) is 14.6. The lowest BCUT2D eigenvalue weighted by molar-refractivity contribution is -0.0311. The van der Waals surface area contributed by atoms with Crippen LogP contribution in [0.4, 0.5) is 0 Å². The third kappa shape index (κ3) is 9.20. The molecule has 0 spiro atoms. The predicted molar refractivity (Wildman–Crippen MR) is 153 cm³/mol. The molecule has 0 aromatic carbocycles. The molecule has 2 saturated heterocycles. The SMILES string of the molecule is CN1C(C)(C)CC(NC(O)CCCCCCCCC(O)NC2CC(C)(C)N(C)C(C)(C)C2)CC1(C)C. The summed E-state index contributed by atoms with van der Waals surface area (Å²) >= 11 is 0. The van der Waals surface area contributed by atoms with Gasteiger partial charge >= 0.3 is 0 Å². The number of piperidine rings is 2. The lowest BCUT2D eigenvalue weighted by atomic mass is 9.77. The van der Waals surface area contributed by atoms with Gasteiger partial charge in [-0.05, 0) is 121 Å². The second-order valence-electron chi connectivity index (χ2n) is 14.6. The van der Waals surface area contributed by atoms with Gasteiger partial charge in [0, 0.05) is 34.2 Å². The molecule has 6 heteroatoms. The van der Waals surface area contributed by atoms with E-state index in [-0.39, 0.29) is 22.2 Å². The average Bonchev–Trinajstić information content (AvgIpc) is 2.71. The van der Waals surface area contributed by atoms with Crippen LogP contribution < -0.4 is 10.6 Å². The molecular formula is C30H62N4O2. The van der Waals surface area contributed by atoms with Gasteiger partial charge in [-0.25, -0.2) is 0 Å². The van der Waals surface area contributed by atoms with Crippen LogP contribution in [-0.2, 0) is 0 Å². The van der Waals surface area contributed by atoms with E-state index in [1.807, 2.05) is 0 Å². The summed E-state index contributed by atoms with van der Waals surface area (Å²) in [6.07, 6.45) is 12.0. The van der Waals surface area contributed by atoms with Gasteiger partial charge < -0.3 is 10.2 Å². The van der Waals surface area contributed by atoms with Crippen LogP contribution in [-0.4, -0.2) is 80.8 Å². The average molecular weight is 511 g/mol. The van der Waals surface area contributed by atoms with Gasteiger partial charge in [0.15, 0.2) is 0 Å². The summed E-state index contributed by atoms with van der Waals surface area (Å²) in [5.74, 6) is 0. The van der Waals surface area contributed by atoms with E-state index in [9.17, 15) is 10.2 Å². The van der Waals surface area contributed by atoms with Gasteiger partial charge in [0.1, 0.15) is 12.5 Å². The molecule has 2 rings (SSSR count). The molecule has 2 fully saturated rings. The lowest BCUT2D eigenvalue weighted by Crippen LogP contribution is -2.63. The summed E-state index contributed by atoms with van der Waals surface area (Å²) < 4.78 is 0. The van der Waals surface area contributed by atoms with Gasteiger partial charge in [-0.2, -0.15) is 0 Å². The maximum absolute atomic E-state index is 10.6. The van der Waals surface area contributed by atoms with Crippen LogP contribution in [0.3, 0.4) is 0 Å². The predicted octanol–water partition coefficient (Wildman–Crippen LogP) is 5.23. The Hall–Kier alpha value is -0.240. The molecule has 2 heterocycles. The Morgan fingerprint density at radius 3 is 1.08 bits per heavy atom. The Morgan fingerprint density at radius 1 is 0.556 bits per heavy atom. The quantitative estimate of drug-likeness (QED) is 0.201. The van der Waals surface area contributed by atoms with E-state index in [0.29, 0.717) is 12.1 Å². The molecule has 36 heavy (non-hydrogen) atoms. The highest BCUT2D eigenvalue weighted by Gasteiger charge is 2.44. The Morgan fingerprint density at radius 2 is 0.806 bits per heavy atom. The molecule has 0 radical (unpaired) electrons. The van der Waals surface area contributed by atoms with Crippen molar-refractivity contribution in [1.29, 1.82) is 0 Å². The molecule has 0 saturated carbocycles. The van der Waals surface area contributed by atoms with Crippen molar-refractivity contribution < 1.29 is 10.2 Å². The largest absolute Gasteiger partial charge is 0.379 e. The van der Waals surface area contributed by atoms with Crippen molar-refractivity contribution >= 4 is 0 Å². The summed E-state index contributed by atoms with van der Waals surface area (Å²) in [5, 5.41) is 28.1. The van der Waals surface area contributed by atoms with E-state index in [2.05, 4.69) is 89.9 Å². The molecule has 4 N–H and O–H groups in total. The summed E-state index contributed by atoms with van der Waals surface area (Å²) in [5.41, 5.74) is 0.566. The van der Waals surface area contributed by atoms with Crippen molar-refractivity contribution in [2.45, 2.75) is 179 Å². The number of hydrogen-bond acceptors (Lipinski definition) is 6. The van der Waals surface area contributed by atoms with E-state index in [1.165, 1.54) is 25.7 Å². The van der Waals surface area contributed by atoms with Crippen LogP contribution in [0.25, 0.3) is 0 Å². The minimum absolute atomic E-state index is 0.141. The molecule has 2 aliphatic rings. The van der Waals surface area contributed by atoms with Gasteiger partial charge in [-0.1, -0.05) is 25.7 Å². The molecule has 2 aliphatic heterocycles. The summed E-state index contributed by atoms with van der Waals surface area (Å²) in [6, 6.07) is 0.737. The monoisotopic (exact) mass is 510 g/mol. The molecule has 6 nitrogen and oxygen atoms in total. The van der Waals surface area contributed by atoms with Gasteiger partial charge in [0.25, 0.3) is 0 Å². The van der Waals surface area contributed by atoms with Crippen molar-refractivity contribution in [3.8, 4) is 0 Å². The maximum Gasteiger partial charge on any atom is 0.105 e. The van der Waals surface area contributed by atoms with Crippen LogP contribution in [0, 0.1) is 0 Å². The topological polar surface area (TPSA) is 71.0 Å². The second kappa shape index (κ2) is 12.7. The fourth-order valence-corrected chi connectivity index (χ4v) is 7.07. The van der Waals surface area contributed by atoms with Crippen molar-refractivity contribution in [2.24, 2.45) is 0 Å². The van der Waals surface area contributed by atoms with Crippen LogP contribution in [0.5, 0.6) is 0 Å². The number of nitrogens with one attached hydrogen (secondary N) is 2. The third-order valence-electron chi connectivity index (χ3n) is 9.68. The number of likely N-dealkylation sites (tertiary alicyclic amines) is 2. The molecule has 2 atom stereocenters. The molecule has 0 amide bonds. The van der Waals surface area contributed by atoms with Crippen molar-refractivity contribution in [3.63, 3.8) is 0 Å². The zero-order valence-corrected chi connectivity index (χ0v) is 25.6. The fourth-order valence-electron chi connectivity index (χ4n) is 7.07.